The molecule has 0 unspecified atom stereocenters. The van der Waals surface area contributed by atoms with Crippen molar-refractivity contribution in [3.8, 4) is 0 Å². The number of piperidine rings is 1. The van der Waals surface area contributed by atoms with E-state index < -0.39 is 11.4 Å². The van der Waals surface area contributed by atoms with E-state index in [4.69, 9.17) is 5.11 Å². The van der Waals surface area contributed by atoms with Crippen molar-refractivity contribution < 1.29 is 14.7 Å². The van der Waals surface area contributed by atoms with Crippen molar-refractivity contribution in [1.82, 2.24) is 4.90 Å². The van der Waals surface area contributed by atoms with Crippen LogP contribution in [0.5, 0.6) is 0 Å². The van der Waals surface area contributed by atoms with Gasteiger partial charge in [0.05, 0.1) is 11.3 Å². The third kappa shape index (κ3) is 3.46. The van der Waals surface area contributed by atoms with Crippen LogP contribution in [-0.4, -0.2) is 35.0 Å². The van der Waals surface area contributed by atoms with Crippen LogP contribution in [0.2, 0.25) is 0 Å². The number of hydrogen-bond acceptors (Lipinski definition) is 2. The Labute approximate surface area is 133 Å². The first kappa shape index (κ1) is 16.0. The molecule has 0 bridgehead atoms. The number of aliphatic carboxylic acids is 1. The lowest BCUT2D eigenvalue weighted by molar-refractivity contribution is -0.147. The highest BCUT2D eigenvalue weighted by molar-refractivity contribution is 9.10. The van der Waals surface area contributed by atoms with Crippen LogP contribution < -0.4 is 0 Å². The van der Waals surface area contributed by atoms with Crippen LogP contribution in [0.25, 0.3) is 0 Å². The van der Waals surface area contributed by atoms with Crippen molar-refractivity contribution in [2.75, 3.05) is 13.1 Å². The number of hydrogen-bond donors (Lipinski definition) is 1. The molecule has 2 rings (SSSR count). The first-order chi connectivity index (χ1) is 9.82. The smallest absolute Gasteiger partial charge is 0.306 e. The average Bonchev–Trinajstić information content (AvgIpc) is 2.47. The molecular formula is C16H20BrNO3. The molecule has 0 radical (unpaired) electrons. The minimum absolute atomic E-state index is 0.0636. The van der Waals surface area contributed by atoms with Gasteiger partial charge in [-0.1, -0.05) is 28.1 Å². The molecule has 1 fully saturated rings. The van der Waals surface area contributed by atoms with Crippen molar-refractivity contribution in [3.05, 3.63) is 34.3 Å². The number of carbonyl (C=O) groups is 2. The first-order valence-electron chi connectivity index (χ1n) is 7.10. The summed E-state index contributed by atoms with van der Waals surface area (Å²) in [6.07, 6.45) is 1.08. The molecule has 1 amide bonds. The van der Waals surface area contributed by atoms with E-state index in [1.807, 2.05) is 38.1 Å². The van der Waals surface area contributed by atoms with Crippen LogP contribution in [0.1, 0.15) is 32.3 Å². The van der Waals surface area contributed by atoms with E-state index >= 15 is 0 Å². The summed E-state index contributed by atoms with van der Waals surface area (Å²) in [6, 6.07) is 7.76. The number of benzene rings is 1. The Balaban J connectivity index is 2.09. The van der Waals surface area contributed by atoms with Crippen LogP contribution >= 0.6 is 15.9 Å². The van der Waals surface area contributed by atoms with E-state index in [9.17, 15) is 9.59 Å². The number of halogens is 1. The topological polar surface area (TPSA) is 57.6 Å². The van der Waals surface area contributed by atoms with Gasteiger partial charge in [0.1, 0.15) is 0 Å². The second kappa shape index (κ2) is 6.18. The van der Waals surface area contributed by atoms with Gasteiger partial charge in [-0.05, 0) is 44.4 Å². The zero-order valence-corrected chi connectivity index (χ0v) is 13.9. The van der Waals surface area contributed by atoms with Crippen molar-refractivity contribution >= 4 is 27.8 Å². The standard InChI is InChI=1S/C16H20BrNO3/c1-16(2,12-3-5-13(17)6-4-12)15(21)18-9-7-11(8-10-18)14(19)20/h3-6,11H,7-10H2,1-2H3,(H,19,20). The summed E-state index contributed by atoms with van der Waals surface area (Å²) >= 11 is 3.40. The van der Waals surface area contributed by atoms with Crippen LogP contribution in [0.15, 0.2) is 28.7 Å². The van der Waals surface area contributed by atoms with Gasteiger partial charge in [-0.15, -0.1) is 0 Å². The number of likely N-dealkylation sites (tertiary alicyclic amines) is 1. The van der Waals surface area contributed by atoms with Crippen LogP contribution in [0.4, 0.5) is 0 Å². The Morgan fingerprint density at radius 1 is 1.19 bits per heavy atom. The molecule has 114 valence electrons. The minimum Gasteiger partial charge on any atom is -0.481 e. The fourth-order valence-corrected chi connectivity index (χ4v) is 2.98. The van der Waals surface area contributed by atoms with Crippen LogP contribution in [0, 0.1) is 5.92 Å². The maximum atomic E-state index is 12.7. The lowest BCUT2D eigenvalue weighted by Crippen LogP contribution is -2.47. The van der Waals surface area contributed by atoms with Gasteiger partial charge in [0.15, 0.2) is 0 Å². The predicted octanol–water partition coefficient (Wildman–Crippen LogP) is 3.05. The van der Waals surface area contributed by atoms with Crippen molar-refractivity contribution in [3.63, 3.8) is 0 Å². The lowest BCUT2D eigenvalue weighted by Gasteiger charge is -2.36. The summed E-state index contributed by atoms with van der Waals surface area (Å²) in [5.74, 6) is -1.01. The van der Waals surface area contributed by atoms with Gasteiger partial charge in [0.2, 0.25) is 5.91 Å². The number of amides is 1. The molecule has 0 spiro atoms. The number of rotatable bonds is 3. The molecule has 1 aliphatic rings. The molecule has 0 atom stereocenters. The van der Waals surface area contributed by atoms with Gasteiger partial charge in [-0.3, -0.25) is 9.59 Å². The molecule has 4 nitrogen and oxygen atoms in total. The quantitative estimate of drug-likeness (QED) is 0.908. The van der Waals surface area contributed by atoms with Gasteiger partial charge < -0.3 is 10.0 Å². The van der Waals surface area contributed by atoms with Crippen molar-refractivity contribution in [2.24, 2.45) is 5.92 Å². The summed E-state index contributed by atoms with van der Waals surface area (Å²) in [7, 11) is 0. The first-order valence-corrected chi connectivity index (χ1v) is 7.90. The Morgan fingerprint density at radius 3 is 2.19 bits per heavy atom. The molecule has 0 aliphatic carbocycles. The number of carbonyl (C=O) groups excluding carboxylic acids is 1. The number of nitrogens with zero attached hydrogens (tertiary/aromatic N) is 1. The SMILES string of the molecule is CC(C)(C(=O)N1CCC(C(=O)O)CC1)c1ccc(Br)cc1. The Bertz CT molecular complexity index is 531. The third-order valence-corrected chi connectivity index (χ3v) is 4.76. The monoisotopic (exact) mass is 353 g/mol. The lowest BCUT2D eigenvalue weighted by atomic mass is 9.82. The van der Waals surface area contributed by atoms with E-state index in [0.29, 0.717) is 25.9 Å². The van der Waals surface area contributed by atoms with Crippen molar-refractivity contribution in [2.45, 2.75) is 32.1 Å². The fourth-order valence-electron chi connectivity index (χ4n) is 2.71. The van der Waals surface area contributed by atoms with E-state index in [-0.39, 0.29) is 11.8 Å². The highest BCUT2D eigenvalue weighted by Crippen LogP contribution is 2.29. The molecule has 1 heterocycles. The molecule has 5 heteroatoms. The van der Waals surface area contributed by atoms with E-state index in [0.717, 1.165) is 10.0 Å². The zero-order valence-electron chi connectivity index (χ0n) is 12.3. The summed E-state index contributed by atoms with van der Waals surface area (Å²) in [5.41, 5.74) is 0.368. The predicted molar refractivity (Wildman–Crippen MR) is 84.1 cm³/mol. The van der Waals surface area contributed by atoms with Gasteiger partial charge in [-0.25, -0.2) is 0 Å². The molecule has 0 saturated carbocycles. The summed E-state index contributed by atoms with van der Waals surface area (Å²) in [6.45, 7) is 4.88. The van der Waals surface area contributed by atoms with Gasteiger partial charge in [0.25, 0.3) is 0 Å². The average molecular weight is 354 g/mol. The Kier molecular flexibility index (Phi) is 4.71. The zero-order chi connectivity index (χ0) is 15.6. The van der Waals surface area contributed by atoms with Gasteiger partial charge in [-0.2, -0.15) is 0 Å². The fraction of sp³-hybridized carbons (Fsp3) is 0.500. The summed E-state index contributed by atoms with van der Waals surface area (Å²) in [5, 5.41) is 9.02. The molecule has 0 aromatic heterocycles. The molecule has 1 saturated heterocycles. The van der Waals surface area contributed by atoms with Gasteiger partial charge >= 0.3 is 5.97 Å². The van der Waals surface area contributed by atoms with E-state index in [2.05, 4.69) is 15.9 Å². The Morgan fingerprint density at radius 2 is 1.71 bits per heavy atom. The second-order valence-corrected chi connectivity index (χ2v) is 6.95. The maximum absolute atomic E-state index is 12.7. The molecule has 1 aromatic rings. The molecule has 1 N–H and O–H groups in total. The van der Waals surface area contributed by atoms with Crippen molar-refractivity contribution in [1.29, 1.82) is 0 Å². The van der Waals surface area contributed by atoms with Gasteiger partial charge in [0, 0.05) is 17.6 Å². The molecule has 21 heavy (non-hydrogen) atoms. The van der Waals surface area contributed by atoms with E-state index in [1.165, 1.54) is 0 Å². The number of carboxylic acids is 1. The van der Waals surface area contributed by atoms with E-state index in [1.54, 1.807) is 4.90 Å². The molecule has 1 aliphatic heterocycles. The summed E-state index contributed by atoms with van der Waals surface area (Å²) in [4.78, 5) is 25.5. The minimum atomic E-state index is -0.755. The Hall–Kier alpha value is -1.36. The number of carboxylic acid groups (broad SMARTS) is 1. The van der Waals surface area contributed by atoms with Crippen LogP contribution in [0.3, 0.4) is 0 Å². The second-order valence-electron chi connectivity index (χ2n) is 6.04. The van der Waals surface area contributed by atoms with Crippen LogP contribution in [-0.2, 0) is 15.0 Å². The normalized spacial score (nSPS) is 16.8. The third-order valence-electron chi connectivity index (χ3n) is 4.23. The largest absolute Gasteiger partial charge is 0.481 e. The highest BCUT2D eigenvalue weighted by Gasteiger charge is 2.36. The maximum Gasteiger partial charge on any atom is 0.306 e. The molecule has 1 aromatic carbocycles. The summed E-state index contributed by atoms with van der Waals surface area (Å²) < 4.78 is 0.983. The molecular weight excluding hydrogens is 334 g/mol. The highest BCUT2D eigenvalue weighted by atomic mass is 79.9.